The van der Waals surface area contributed by atoms with Crippen LogP contribution in [0.3, 0.4) is 0 Å². The number of nitrogens with zero attached hydrogens (tertiary/aromatic N) is 2. The van der Waals surface area contributed by atoms with Crippen molar-refractivity contribution in [2.75, 3.05) is 4.90 Å². The van der Waals surface area contributed by atoms with Gasteiger partial charge in [-0.3, -0.25) is 0 Å². The van der Waals surface area contributed by atoms with E-state index in [2.05, 4.69) is 240 Å². The molecule has 10 aromatic carbocycles. The number of benzene rings is 10. The highest BCUT2D eigenvalue weighted by molar-refractivity contribution is 6.10. The summed E-state index contributed by atoms with van der Waals surface area (Å²) in [6.45, 7) is 0. The van der Waals surface area contributed by atoms with Gasteiger partial charge >= 0.3 is 0 Å². The second-order valence-electron chi connectivity index (χ2n) is 16.2. The molecule has 12 aromatic rings. The summed E-state index contributed by atoms with van der Waals surface area (Å²) in [6.07, 6.45) is 0. The van der Waals surface area contributed by atoms with Crippen molar-refractivity contribution >= 4 is 60.8 Å². The van der Waals surface area contributed by atoms with Gasteiger partial charge in [0, 0.05) is 44.3 Å². The van der Waals surface area contributed by atoms with Crippen LogP contribution in [-0.4, -0.2) is 4.57 Å². The predicted molar refractivity (Wildman–Crippen MR) is 264 cm³/mol. The number of fused-ring (bicyclic) bond motifs is 6. The van der Waals surface area contributed by atoms with E-state index in [4.69, 9.17) is 4.42 Å². The fourth-order valence-corrected chi connectivity index (χ4v) is 9.34. The van der Waals surface area contributed by atoms with Crippen LogP contribution in [0.1, 0.15) is 0 Å². The normalized spacial score (nSPS) is 11.5. The summed E-state index contributed by atoms with van der Waals surface area (Å²) in [4.78, 5) is 2.33. The molecule has 0 aliphatic heterocycles. The maximum Gasteiger partial charge on any atom is 0.135 e. The van der Waals surface area contributed by atoms with Crippen LogP contribution in [0.25, 0.3) is 93.9 Å². The van der Waals surface area contributed by atoms with E-state index in [-0.39, 0.29) is 0 Å². The Morgan fingerprint density at radius 3 is 1.51 bits per heavy atom. The molecule has 0 radical (unpaired) electrons. The van der Waals surface area contributed by atoms with Crippen molar-refractivity contribution in [3.63, 3.8) is 0 Å². The van der Waals surface area contributed by atoms with Gasteiger partial charge in [0.15, 0.2) is 0 Å². The summed E-state index contributed by atoms with van der Waals surface area (Å²) < 4.78 is 8.66. The van der Waals surface area contributed by atoms with Crippen molar-refractivity contribution in [2.24, 2.45) is 0 Å². The summed E-state index contributed by atoms with van der Waals surface area (Å²) in [5, 5.41) is 4.68. The van der Waals surface area contributed by atoms with Crippen LogP contribution in [0.15, 0.2) is 247 Å². The van der Waals surface area contributed by atoms with Gasteiger partial charge in [-0.05, 0) is 129 Å². The standard InChI is InChI=1S/C60H40N2O/c1-4-16-41(17-5-1)47-35-48(42-18-6-2-7-19-42)38-52(37-47)62-57-28-12-10-26-53(57)54-32-30-46(39-58(54)62)44-21-14-20-43(34-44)45-22-15-25-50(36-45)61(49-23-8-3-9-24-49)51-31-33-60-56(40-51)55-27-11-13-29-59(55)63-60/h1-40H. The van der Waals surface area contributed by atoms with Gasteiger partial charge in [-0.15, -0.1) is 0 Å². The van der Waals surface area contributed by atoms with Crippen LogP contribution in [0, 0.1) is 0 Å². The third-order valence-corrected chi connectivity index (χ3v) is 12.3. The third-order valence-electron chi connectivity index (χ3n) is 12.3. The minimum atomic E-state index is 0.884. The molecular weight excluding hydrogens is 765 g/mol. The Morgan fingerprint density at radius 2 is 0.778 bits per heavy atom. The SMILES string of the molecule is c1ccc(-c2cc(-c3ccccc3)cc(-n3c4ccccc4c4ccc(-c5cccc(-c6cccc(N(c7ccccc7)c7ccc8oc9ccccc9c8c7)c6)c5)cc43)c2)cc1. The molecule has 12 rings (SSSR count). The molecule has 2 heterocycles. The molecular formula is C60H40N2O. The van der Waals surface area contributed by atoms with Gasteiger partial charge in [-0.2, -0.15) is 0 Å². The molecule has 0 spiro atoms. The summed E-state index contributed by atoms with van der Waals surface area (Å²) in [5.74, 6) is 0. The van der Waals surface area contributed by atoms with Gasteiger partial charge in [-0.25, -0.2) is 0 Å². The Kier molecular flexibility index (Phi) is 8.83. The highest BCUT2D eigenvalue weighted by Gasteiger charge is 2.18. The molecule has 63 heavy (non-hydrogen) atoms. The topological polar surface area (TPSA) is 21.3 Å². The van der Waals surface area contributed by atoms with E-state index in [0.29, 0.717) is 0 Å². The monoisotopic (exact) mass is 804 g/mol. The predicted octanol–water partition coefficient (Wildman–Crippen LogP) is 16.8. The number of furan rings is 1. The van der Waals surface area contributed by atoms with Crippen molar-refractivity contribution < 1.29 is 4.42 Å². The molecule has 0 aliphatic carbocycles. The number of aromatic nitrogens is 1. The van der Waals surface area contributed by atoms with E-state index in [1.807, 2.05) is 12.1 Å². The van der Waals surface area contributed by atoms with E-state index in [9.17, 15) is 0 Å². The molecule has 0 N–H and O–H groups in total. The van der Waals surface area contributed by atoms with Crippen LogP contribution >= 0.6 is 0 Å². The summed E-state index contributed by atoms with van der Waals surface area (Å²) >= 11 is 0. The Labute approximate surface area is 366 Å². The Bertz CT molecular complexity index is 3560. The van der Waals surface area contributed by atoms with Crippen molar-refractivity contribution in [1.29, 1.82) is 0 Å². The Balaban J connectivity index is 0.970. The molecule has 0 fully saturated rings. The van der Waals surface area contributed by atoms with Crippen molar-refractivity contribution in [3.8, 4) is 50.2 Å². The molecule has 296 valence electrons. The number of hydrogen-bond donors (Lipinski definition) is 0. The van der Waals surface area contributed by atoms with E-state index >= 15 is 0 Å². The smallest absolute Gasteiger partial charge is 0.135 e. The average molecular weight is 805 g/mol. The second-order valence-corrected chi connectivity index (χ2v) is 16.2. The largest absolute Gasteiger partial charge is 0.456 e. The van der Waals surface area contributed by atoms with Crippen LogP contribution < -0.4 is 4.90 Å². The molecule has 3 heteroatoms. The lowest BCUT2D eigenvalue weighted by molar-refractivity contribution is 0.669. The first-order valence-electron chi connectivity index (χ1n) is 21.5. The summed E-state index contributed by atoms with van der Waals surface area (Å²) in [5.41, 5.74) is 17.9. The van der Waals surface area contributed by atoms with E-state index in [0.717, 1.165) is 61.4 Å². The Morgan fingerprint density at radius 1 is 0.270 bits per heavy atom. The highest BCUT2D eigenvalue weighted by atomic mass is 16.3. The summed E-state index contributed by atoms with van der Waals surface area (Å²) in [6, 6.07) is 87.3. The van der Waals surface area contributed by atoms with Crippen LogP contribution in [0.5, 0.6) is 0 Å². The number of anilines is 3. The van der Waals surface area contributed by atoms with E-state index in [1.165, 1.54) is 49.6 Å². The Hall–Kier alpha value is -8.40. The van der Waals surface area contributed by atoms with Gasteiger partial charge in [0.1, 0.15) is 11.2 Å². The maximum atomic E-state index is 6.21. The lowest BCUT2D eigenvalue weighted by atomic mass is 9.97. The zero-order valence-electron chi connectivity index (χ0n) is 34.4. The van der Waals surface area contributed by atoms with Crippen LogP contribution in [0.4, 0.5) is 17.1 Å². The van der Waals surface area contributed by atoms with Gasteiger partial charge in [0.2, 0.25) is 0 Å². The lowest BCUT2D eigenvalue weighted by Gasteiger charge is -2.26. The fraction of sp³-hybridized carbons (Fsp3) is 0. The zero-order chi connectivity index (χ0) is 41.7. The van der Waals surface area contributed by atoms with E-state index in [1.54, 1.807) is 0 Å². The van der Waals surface area contributed by atoms with Gasteiger partial charge in [0.05, 0.1) is 11.0 Å². The molecule has 0 saturated heterocycles. The fourth-order valence-electron chi connectivity index (χ4n) is 9.34. The second kappa shape index (κ2) is 15.3. The summed E-state index contributed by atoms with van der Waals surface area (Å²) in [7, 11) is 0. The van der Waals surface area contributed by atoms with Crippen molar-refractivity contribution in [2.45, 2.75) is 0 Å². The maximum absolute atomic E-state index is 6.21. The van der Waals surface area contributed by atoms with Crippen molar-refractivity contribution in [3.05, 3.63) is 243 Å². The minimum absolute atomic E-state index is 0.884. The first-order chi connectivity index (χ1) is 31.2. The highest BCUT2D eigenvalue weighted by Crippen LogP contribution is 2.41. The van der Waals surface area contributed by atoms with Gasteiger partial charge in [0.25, 0.3) is 0 Å². The number of rotatable bonds is 8. The average Bonchev–Trinajstić information content (AvgIpc) is 3.90. The zero-order valence-corrected chi connectivity index (χ0v) is 34.4. The molecule has 0 amide bonds. The number of para-hydroxylation sites is 3. The third kappa shape index (κ3) is 6.55. The molecule has 3 nitrogen and oxygen atoms in total. The van der Waals surface area contributed by atoms with Crippen LogP contribution in [0.2, 0.25) is 0 Å². The molecule has 0 atom stereocenters. The molecule has 0 bridgehead atoms. The number of hydrogen-bond acceptors (Lipinski definition) is 2. The minimum Gasteiger partial charge on any atom is -0.456 e. The van der Waals surface area contributed by atoms with Crippen molar-refractivity contribution in [1.82, 2.24) is 4.57 Å². The molecule has 2 aromatic heterocycles. The van der Waals surface area contributed by atoms with Gasteiger partial charge < -0.3 is 13.9 Å². The molecule has 0 unspecified atom stereocenters. The quantitative estimate of drug-likeness (QED) is 0.153. The van der Waals surface area contributed by atoms with E-state index < -0.39 is 0 Å². The van der Waals surface area contributed by atoms with Crippen LogP contribution in [-0.2, 0) is 0 Å². The first-order valence-corrected chi connectivity index (χ1v) is 21.5. The first kappa shape index (κ1) is 36.5. The molecule has 0 aliphatic rings. The molecule has 0 saturated carbocycles. The lowest BCUT2D eigenvalue weighted by Crippen LogP contribution is -2.09. The van der Waals surface area contributed by atoms with Gasteiger partial charge in [-0.1, -0.05) is 158 Å².